The van der Waals surface area contributed by atoms with Crippen LogP contribution in [0.15, 0.2) is 42.7 Å². The minimum atomic E-state index is -0.590. The lowest BCUT2D eigenvalue weighted by Crippen LogP contribution is -2.46. The second kappa shape index (κ2) is 8.92. The van der Waals surface area contributed by atoms with E-state index in [1.807, 2.05) is 18.2 Å². The summed E-state index contributed by atoms with van der Waals surface area (Å²) in [6.45, 7) is 3.73. The number of benzene rings is 2. The van der Waals surface area contributed by atoms with E-state index >= 15 is 0 Å². The van der Waals surface area contributed by atoms with Crippen LogP contribution in [0.1, 0.15) is 25.7 Å². The Hall–Kier alpha value is -3.10. The molecule has 2 aromatic heterocycles. The molecule has 2 fully saturated rings. The topological polar surface area (TPSA) is 66.1 Å². The van der Waals surface area contributed by atoms with Gasteiger partial charge in [-0.15, -0.1) is 0 Å². The number of H-pyrrole nitrogens is 1. The molecule has 1 aliphatic heterocycles. The average Bonchev–Trinajstić information content (AvgIpc) is 3.23. The molecule has 0 radical (unpaired) electrons. The van der Waals surface area contributed by atoms with Gasteiger partial charge in [-0.2, -0.15) is 0 Å². The Kier molecular flexibility index (Phi) is 5.63. The van der Waals surface area contributed by atoms with E-state index in [0.29, 0.717) is 17.6 Å². The maximum Gasteiger partial charge on any atom is 0.143 e. The van der Waals surface area contributed by atoms with Crippen molar-refractivity contribution in [3.05, 3.63) is 54.4 Å². The van der Waals surface area contributed by atoms with Crippen molar-refractivity contribution in [1.29, 1.82) is 0 Å². The van der Waals surface area contributed by atoms with Crippen LogP contribution in [0.5, 0.6) is 0 Å². The highest BCUT2D eigenvalue weighted by atomic mass is 19.1. The number of nitrogens with zero attached hydrogens (tertiary/aromatic N) is 3. The Morgan fingerprint density at radius 3 is 2.44 bits per heavy atom. The number of nitrogens with one attached hydrogen (secondary N) is 2. The van der Waals surface area contributed by atoms with Gasteiger partial charge in [0.25, 0.3) is 0 Å². The Balaban J connectivity index is 1.28. The molecule has 6 rings (SSSR count). The van der Waals surface area contributed by atoms with E-state index in [1.165, 1.54) is 12.1 Å². The molecule has 2 aromatic carbocycles. The molecule has 0 atom stereocenters. The Bertz CT molecular complexity index is 1310. The van der Waals surface area contributed by atoms with Gasteiger partial charge in [0.1, 0.15) is 29.4 Å². The lowest BCUT2D eigenvalue weighted by Gasteiger charge is -2.39. The third-order valence-corrected chi connectivity index (χ3v) is 7.18. The van der Waals surface area contributed by atoms with Gasteiger partial charge in [-0.3, -0.25) is 4.90 Å². The summed E-state index contributed by atoms with van der Waals surface area (Å²) in [6, 6.07) is 10.3. The molecule has 1 saturated carbocycles. The summed E-state index contributed by atoms with van der Waals surface area (Å²) in [5, 5.41) is 5.51. The molecule has 2 aliphatic rings. The normalized spacial score (nSPS) is 21.8. The smallest absolute Gasteiger partial charge is 0.143 e. The third kappa shape index (κ3) is 4.12. The number of hydrogen-bond donors (Lipinski definition) is 2. The highest BCUT2D eigenvalue weighted by Crippen LogP contribution is 2.34. The molecule has 0 amide bonds. The summed E-state index contributed by atoms with van der Waals surface area (Å²) in [7, 11) is 0. The Morgan fingerprint density at radius 1 is 0.912 bits per heavy atom. The summed E-state index contributed by atoms with van der Waals surface area (Å²) in [5.41, 5.74) is 2.90. The molecule has 8 heteroatoms. The summed E-state index contributed by atoms with van der Waals surface area (Å²) in [5.74, 6) is -0.381. The van der Waals surface area contributed by atoms with Gasteiger partial charge in [-0.25, -0.2) is 18.7 Å². The SMILES string of the molecule is Fc1cc(F)cc(-c2ccc3[nH]c4ncnc(N[C@H]5CC[C@H](N6CCOCC6)CC5)c4c3c2)c1. The highest BCUT2D eigenvalue weighted by molar-refractivity contribution is 6.12. The molecule has 1 aliphatic carbocycles. The maximum absolute atomic E-state index is 13.8. The zero-order chi connectivity index (χ0) is 23.1. The first-order chi connectivity index (χ1) is 16.6. The van der Waals surface area contributed by atoms with E-state index < -0.39 is 11.6 Å². The number of aromatic nitrogens is 3. The molecular weight excluding hydrogens is 436 g/mol. The van der Waals surface area contributed by atoms with Crippen LogP contribution in [-0.2, 0) is 4.74 Å². The van der Waals surface area contributed by atoms with Gasteiger partial charge in [-0.05, 0) is 61.1 Å². The van der Waals surface area contributed by atoms with Crippen molar-refractivity contribution in [1.82, 2.24) is 19.9 Å². The summed E-state index contributed by atoms with van der Waals surface area (Å²) in [4.78, 5) is 14.9. The first-order valence-corrected chi connectivity index (χ1v) is 12.0. The molecule has 0 spiro atoms. The maximum atomic E-state index is 13.8. The second-order valence-electron chi connectivity index (χ2n) is 9.29. The van der Waals surface area contributed by atoms with Crippen molar-refractivity contribution in [2.45, 2.75) is 37.8 Å². The number of rotatable bonds is 4. The van der Waals surface area contributed by atoms with Crippen molar-refractivity contribution in [2.75, 3.05) is 31.6 Å². The van der Waals surface area contributed by atoms with Crippen LogP contribution in [0.2, 0.25) is 0 Å². The van der Waals surface area contributed by atoms with Crippen LogP contribution in [0.3, 0.4) is 0 Å². The van der Waals surface area contributed by atoms with E-state index in [4.69, 9.17) is 4.74 Å². The predicted octanol–water partition coefficient (Wildman–Crippen LogP) is 5.11. The zero-order valence-corrected chi connectivity index (χ0v) is 18.9. The number of fused-ring (bicyclic) bond motifs is 3. The van der Waals surface area contributed by atoms with Crippen LogP contribution >= 0.6 is 0 Å². The zero-order valence-electron chi connectivity index (χ0n) is 18.9. The van der Waals surface area contributed by atoms with Crippen LogP contribution in [0.25, 0.3) is 33.1 Å². The summed E-state index contributed by atoms with van der Waals surface area (Å²) in [6.07, 6.45) is 6.07. The quantitative estimate of drug-likeness (QED) is 0.440. The number of anilines is 1. The lowest BCUT2D eigenvalue weighted by molar-refractivity contribution is 0.00791. The van der Waals surface area contributed by atoms with Crippen molar-refractivity contribution in [3.8, 4) is 11.1 Å². The van der Waals surface area contributed by atoms with E-state index in [2.05, 4.69) is 25.2 Å². The van der Waals surface area contributed by atoms with Crippen molar-refractivity contribution in [2.24, 2.45) is 0 Å². The standard InChI is InChI=1S/C26H27F2N5O/c27-18-11-17(12-19(28)14-18)16-1-6-23-22(13-16)24-25(29-15-30-26(24)32-23)31-20-2-4-21(5-3-20)33-7-9-34-10-8-33/h1,6,11-15,20-21H,2-5,7-10H2,(H2,29,30,31,32)/t20-,21-. The fourth-order valence-corrected chi connectivity index (χ4v) is 5.45. The van der Waals surface area contributed by atoms with Crippen LogP contribution in [-0.4, -0.2) is 58.2 Å². The van der Waals surface area contributed by atoms with Crippen molar-refractivity contribution < 1.29 is 13.5 Å². The number of morpholine rings is 1. The number of aromatic amines is 1. The number of ether oxygens (including phenoxy) is 1. The van der Waals surface area contributed by atoms with Crippen LogP contribution in [0, 0.1) is 11.6 Å². The molecule has 0 bridgehead atoms. The van der Waals surface area contributed by atoms with Gasteiger partial charge in [0.05, 0.1) is 18.6 Å². The molecule has 6 nitrogen and oxygen atoms in total. The summed E-state index contributed by atoms with van der Waals surface area (Å²) < 4.78 is 33.1. The summed E-state index contributed by atoms with van der Waals surface area (Å²) >= 11 is 0. The van der Waals surface area contributed by atoms with Gasteiger partial charge in [0.15, 0.2) is 0 Å². The molecule has 1 saturated heterocycles. The lowest BCUT2D eigenvalue weighted by atomic mass is 9.90. The van der Waals surface area contributed by atoms with E-state index in [1.54, 1.807) is 6.33 Å². The first-order valence-electron chi connectivity index (χ1n) is 12.0. The Morgan fingerprint density at radius 2 is 1.68 bits per heavy atom. The monoisotopic (exact) mass is 463 g/mol. The highest BCUT2D eigenvalue weighted by Gasteiger charge is 2.27. The molecular formula is C26H27F2N5O. The van der Waals surface area contributed by atoms with Gasteiger partial charge in [-0.1, -0.05) is 6.07 Å². The number of hydrogen-bond acceptors (Lipinski definition) is 5. The molecule has 3 heterocycles. The van der Waals surface area contributed by atoms with Crippen LogP contribution in [0.4, 0.5) is 14.6 Å². The Labute approximate surface area is 196 Å². The van der Waals surface area contributed by atoms with Gasteiger partial charge >= 0.3 is 0 Å². The average molecular weight is 464 g/mol. The third-order valence-electron chi connectivity index (χ3n) is 7.18. The predicted molar refractivity (Wildman–Crippen MR) is 129 cm³/mol. The van der Waals surface area contributed by atoms with Gasteiger partial charge in [0, 0.05) is 42.1 Å². The minimum absolute atomic E-state index is 0.348. The second-order valence-corrected chi connectivity index (χ2v) is 9.29. The minimum Gasteiger partial charge on any atom is -0.379 e. The fourth-order valence-electron chi connectivity index (χ4n) is 5.45. The molecule has 2 N–H and O–H groups in total. The van der Waals surface area contributed by atoms with Gasteiger partial charge < -0.3 is 15.0 Å². The van der Waals surface area contributed by atoms with E-state index in [-0.39, 0.29) is 0 Å². The fraction of sp³-hybridized carbons (Fsp3) is 0.385. The van der Waals surface area contributed by atoms with Gasteiger partial charge in [0.2, 0.25) is 0 Å². The van der Waals surface area contributed by atoms with E-state index in [0.717, 1.165) is 91.4 Å². The molecule has 0 unspecified atom stereocenters. The number of halogens is 2. The van der Waals surface area contributed by atoms with Crippen molar-refractivity contribution in [3.63, 3.8) is 0 Å². The van der Waals surface area contributed by atoms with Crippen molar-refractivity contribution >= 4 is 27.8 Å². The first kappa shape index (κ1) is 21.4. The van der Waals surface area contributed by atoms with E-state index in [9.17, 15) is 8.78 Å². The largest absolute Gasteiger partial charge is 0.379 e. The molecule has 4 aromatic rings. The molecule has 176 valence electrons. The van der Waals surface area contributed by atoms with Crippen LogP contribution < -0.4 is 5.32 Å². The molecule has 34 heavy (non-hydrogen) atoms.